The van der Waals surface area contributed by atoms with E-state index in [0.717, 1.165) is 11.8 Å². The summed E-state index contributed by atoms with van der Waals surface area (Å²) in [6.07, 6.45) is 2.43. The Morgan fingerprint density at radius 2 is 2.09 bits per heavy atom. The average molecular weight is 326 g/mol. The highest BCUT2D eigenvalue weighted by Gasteiger charge is 2.24. The molecule has 1 aromatic rings. The van der Waals surface area contributed by atoms with Crippen molar-refractivity contribution in [1.82, 2.24) is 5.32 Å². The number of anilines is 1. The molecule has 1 amide bonds. The highest BCUT2D eigenvalue weighted by Crippen LogP contribution is 2.29. The minimum atomic E-state index is -3.33. The first-order valence-corrected chi connectivity index (χ1v) is 8.74. The van der Waals surface area contributed by atoms with Gasteiger partial charge in [0, 0.05) is 18.7 Å². The Labute approximate surface area is 129 Å². The van der Waals surface area contributed by atoms with Crippen LogP contribution in [0.1, 0.15) is 28.8 Å². The summed E-state index contributed by atoms with van der Waals surface area (Å²) in [5.41, 5.74) is 1.82. The molecule has 0 fully saturated rings. The molecule has 7 nitrogen and oxygen atoms in total. The normalized spacial score (nSPS) is 14.3. The van der Waals surface area contributed by atoms with Gasteiger partial charge in [-0.05, 0) is 36.6 Å². The molecule has 0 spiro atoms. The number of nitrogens with one attached hydrogen (secondary N) is 1. The topological polar surface area (TPSA) is 104 Å². The molecular weight excluding hydrogens is 308 g/mol. The van der Waals surface area contributed by atoms with E-state index >= 15 is 0 Å². The molecule has 0 saturated heterocycles. The molecule has 0 bridgehead atoms. The maximum atomic E-state index is 12.0. The molecule has 0 aliphatic carbocycles. The quantitative estimate of drug-likeness (QED) is 0.825. The number of amides is 1. The molecule has 2 N–H and O–H groups in total. The zero-order valence-electron chi connectivity index (χ0n) is 12.2. The number of fused-ring (bicyclic) bond motifs is 1. The first-order valence-electron chi connectivity index (χ1n) is 6.89. The van der Waals surface area contributed by atoms with Gasteiger partial charge in [0.1, 0.15) is 0 Å². The summed E-state index contributed by atoms with van der Waals surface area (Å²) in [4.78, 5) is 22.4. The molecule has 1 heterocycles. The summed E-state index contributed by atoms with van der Waals surface area (Å²) in [5.74, 6) is -1.34. The van der Waals surface area contributed by atoms with Crippen LogP contribution in [-0.4, -0.2) is 44.7 Å². The second-order valence-corrected chi connectivity index (χ2v) is 7.09. The van der Waals surface area contributed by atoms with E-state index in [-0.39, 0.29) is 18.9 Å². The van der Waals surface area contributed by atoms with Crippen LogP contribution in [0.4, 0.5) is 5.69 Å². The number of aryl methyl sites for hydroxylation is 1. The average Bonchev–Trinajstić information content (AvgIpc) is 2.44. The maximum absolute atomic E-state index is 12.0. The van der Waals surface area contributed by atoms with Gasteiger partial charge in [0.25, 0.3) is 5.91 Å². The number of carbonyl (C=O) groups is 2. The van der Waals surface area contributed by atoms with Gasteiger partial charge in [0.15, 0.2) is 0 Å². The van der Waals surface area contributed by atoms with Crippen molar-refractivity contribution in [3.05, 3.63) is 29.3 Å². The van der Waals surface area contributed by atoms with Crippen molar-refractivity contribution in [1.29, 1.82) is 0 Å². The predicted molar refractivity (Wildman–Crippen MR) is 81.5 cm³/mol. The van der Waals surface area contributed by atoms with Crippen molar-refractivity contribution in [2.75, 3.05) is 23.7 Å². The van der Waals surface area contributed by atoms with E-state index in [2.05, 4.69) is 5.32 Å². The smallest absolute Gasteiger partial charge is 0.305 e. The minimum Gasteiger partial charge on any atom is -0.481 e. The van der Waals surface area contributed by atoms with Crippen LogP contribution >= 0.6 is 0 Å². The fourth-order valence-corrected chi connectivity index (χ4v) is 3.43. The molecule has 1 aliphatic heterocycles. The molecular formula is C14H18N2O5S. The third-order valence-electron chi connectivity index (χ3n) is 3.44. The lowest BCUT2D eigenvalue weighted by Crippen LogP contribution is -2.34. The highest BCUT2D eigenvalue weighted by atomic mass is 32.2. The van der Waals surface area contributed by atoms with Crippen LogP contribution in [0.15, 0.2) is 18.2 Å². The maximum Gasteiger partial charge on any atom is 0.305 e. The molecule has 1 aliphatic rings. The SMILES string of the molecule is CS(=O)(=O)N1CCCc2cc(C(=O)NCCC(=O)O)ccc21. The molecule has 0 saturated carbocycles. The van der Waals surface area contributed by atoms with Crippen molar-refractivity contribution in [3.63, 3.8) is 0 Å². The number of carboxylic acid groups (broad SMARTS) is 1. The monoisotopic (exact) mass is 326 g/mol. The van der Waals surface area contributed by atoms with Crippen molar-refractivity contribution >= 4 is 27.6 Å². The van der Waals surface area contributed by atoms with Gasteiger partial charge in [-0.3, -0.25) is 13.9 Å². The fraction of sp³-hybridized carbons (Fsp3) is 0.429. The summed E-state index contributed by atoms with van der Waals surface area (Å²) in [7, 11) is -3.33. The first-order chi connectivity index (χ1) is 10.3. The van der Waals surface area contributed by atoms with Crippen molar-refractivity contribution in [3.8, 4) is 0 Å². The number of nitrogens with zero attached hydrogens (tertiary/aromatic N) is 1. The zero-order valence-corrected chi connectivity index (χ0v) is 13.0. The van der Waals surface area contributed by atoms with Gasteiger partial charge in [0.2, 0.25) is 10.0 Å². The number of hydrogen-bond donors (Lipinski definition) is 2. The Morgan fingerprint density at radius 1 is 1.36 bits per heavy atom. The van der Waals surface area contributed by atoms with Crippen LogP contribution in [0.2, 0.25) is 0 Å². The number of carboxylic acids is 1. The van der Waals surface area contributed by atoms with E-state index in [9.17, 15) is 18.0 Å². The van der Waals surface area contributed by atoms with Crippen molar-refractivity contribution in [2.45, 2.75) is 19.3 Å². The number of hydrogen-bond acceptors (Lipinski definition) is 4. The molecule has 0 unspecified atom stereocenters. The minimum absolute atomic E-state index is 0.0563. The Bertz CT molecular complexity index is 699. The number of carbonyl (C=O) groups excluding carboxylic acids is 1. The Hall–Kier alpha value is -2.09. The third kappa shape index (κ3) is 3.76. The Balaban J connectivity index is 2.18. The lowest BCUT2D eigenvalue weighted by atomic mass is 10.0. The number of aliphatic carboxylic acids is 1. The van der Waals surface area contributed by atoms with Crippen LogP contribution in [0.25, 0.3) is 0 Å². The molecule has 0 atom stereocenters. The van der Waals surface area contributed by atoms with Gasteiger partial charge < -0.3 is 10.4 Å². The number of sulfonamides is 1. The van der Waals surface area contributed by atoms with Gasteiger partial charge in [-0.2, -0.15) is 0 Å². The molecule has 8 heteroatoms. The van der Waals surface area contributed by atoms with Crippen molar-refractivity contribution in [2.24, 2.45) is 0 Å². The van der Waals surface area contributed by atoms with E-state index in [1.54, 1.807) is 18.2 Å². The predicted octanol–water partition coefficient (Wildman–Crippen LogP) is 0.603. The highest BCUT2D eigenvalue weighted by molar-refractivity contribution is 7.92. The Morgan fingerprint density at radius 3 is 2.73 bits per heavy atom. The van der Waals surface area contributed by atoms with Gasteiger partial charge in [-0.1, -0.05) is 0 Å². The van der Waals surface area contributed by atoms with E-state index in [0.29, 0.717) is 30.6 Å². The molecule has 0 aromatic heterocycles. The van der Waals surface area contributed by atoms with Gasteiger partial charge in [-0.25, -0.2) is 8.42 Å². The largest absolute Gasteiger partial charge is 0.481 e. The van der Waals surface area contributed by atoms with Crippen LogP contribution in [0, 0.1) is 0 Å². The molecule has 1 aromatic carbocycles. The number of rotatable bonds is 5. The van der Waals surface area contributed by atoms with Crippen LogP contribution in [0.5, 0.6) is 0 Å². The molecule has 0 radical (unpaired) electrons. The van der Waals surface area contributed by atoms with Crippen LogP contribution in [-0.2, 0) is 21.2 Å². The van der Waals surface area contributed by atoms with E-state index in [1.807, 2.05) is 0 Å². The van der Waals surface area contributed by atoms with Gasteiger partial charge >= 0.3 is 5.97 Å². The standard InChI is InChI=1S/C14H18N2O5S/c1-22(20,21)16-8-2-3-10-9-11(4-5-12(10)16)14(19)15-7-6-13(17)18/h4-5,9H,2-3,6-8H2,1H3,(H,15,19)(H,17,18). The van der Waals surface area contributed by atoms with Gasteiger partial charge in [0.05, 0.1) is 18.4 Å². The molecule has 22 heavy (non-hydrogen) atoms. The van der Waals surface area contributed by atoms with E-state index < -0.39 is 16.0 Å². The summed E-state index contributed by atoms with van der Waals surface area (Å²) in [5, 5.41) is 11.1. The summed E-state index contributed by atoms with van der Waals surface area (Å²) < 4.78 is 24.9. The summed E-state index contributed by atoms with van der Waals surface area (Å²) in [6, 6.07) is 4.85. The zero-order chi connectivity index (χ0) is 16.3. The third-order valence-corrected chi connectivity index (χ3v) is 4.62. The molecule has 120 valence electrons. The fourth-order valence-electron chi connectivity index (χ4n) is 2.43. The van der Waals surface area contributed by atoms with Crippen molar-refractivity contribution < 1.29 is 23.1 Å². The first kappa shape index (κ1) is 16.3. The van der Waals surface area contributed by atoms with E-state index in [4.69, 9.17) is 5.11 Å². The number of benzene rings is 1. The van der Waals surface area contributed by atoms with Crippen LogP contribution < -0.4 is 9.62 Å². The van der Waals surface area contributed by atoms with Gasteiger partial charge in [-0.15, -0.1) is 0 Å². The Kier molecular flexibility index (Phi) is 4.70. The van der Waals surface area contributed by atoms with Crippen LogP contribution in [0.3, 0.4) is 0 Å². The summed E-state index contributed by atoms with van der Waals surface area (Å²) >= 11 is 0. The van der Waals surface area contributed by atoms with E-state index in [1.165, 1.54) is 4.31 Å². The second-order valence-electron chi connectivity index (χ2n) is 5.18. The summed E-state index contributed by atoms with van der Waals surface area (Å²) in [6.45, 7) is 0.497. The second kappa shape index (κ2) is 6.35. The molecule has 2 rings (SSSR count). The lowest BCUT2D eigenvalue weighted by Gasteiger charge is -2.29. The lowest BCUT2D eigenvalue weighted by molar-refractivity contribution is -0.136.